The average Bonchev–Trinajstić information content (AvgIpc) is 2.61. The van der Waals surface area contributed by atoms with E-state index in [0.29, 0.717) is 22.2 Å². The third-order valence-corrected chi connectivity index (χ3v) is 3.80. The molecule has 0 atom stereocenters. The summed E-state index contributed by atoms with van der Waals surface area (Å²) in [4.78, 5) is 33.5. The summed E-state index contributed by atoms with van der Waals surface area (Å²) in [5, 5.41) is 14.2. The Kier molecular flexibility index (Phi) is 4.81. The van der Waals surface area contributed by atoms with Gasteiger partial charge in [-0.3, -0.25) is 14.9 Å². The summed E-state index contributed by atoms with van der Waals surface area (Å²) in [6, 6.07) is 12.0. The van der Waals surface area contributed by atoms with E-state index in [-0.39, 0.29) is 10.7 Å². The summed E-state index contributed by atoms with van der Waals surface area (Å²) in [6.07, 6.45) is 2.70. The smallest absolute Gasteiger partial charge is 0.336 e. The van der Waals surface area contributed by atoms with E-state index in [4.69, 9.17) is 16.0 Å². The van der Waals surface area contributed by atoms with E-state index in [1.807, 2.05) is 0 Å². The minimum Gasteiger partial charge on any atom is -0.423 e. The first kappa shape index (κ1) is 17.4. The Balaban J connectivity index is 1.75. The van der Waals surface area contributed by atoms with E-state index in [1.54, 1.807) is 30.3 Å². The fourth-order valence-electron chi connectivity index (χ4n) is 2.28. The molecule has 8 heteroatoms. The summed E-state index contributed by atoms with van der Waals surface area (Å²) in [5.74, 6) is -0.417. The zero-order valence-corrected chi connectivity index (χ0v) is 13.9. The van der Waals surface area contributed by atoms with E-state index in [9.17, 15) is 19.7 Å². The number of nitrogens with one attached hydrogen (secondary N) is 1. The standard InChI is InChI=1S/C18H11ClN2O5/c19-14-5-1-11(9-15(14)21(24)25)2-7-17(22)20-13-4-6-16-12(10-13)3-8-18(23)26-16/h1-10H,(H,20,22). The first-order chi connectivity index (χ1) is 12.4. The molecule has 26 heavy (non-hydrogen) atoms. The predicted molar refractivity (Wildman–Crippen MR) is 98.3 cm³/mol. The molecule has 2 aromatic carbocycles. The second-order valence-electron chi connectivity index (χ2n) is 5.30. The summed E-state index contributed by atoms with van der Waals surface area (Å²) in [6.45, 7) is 0. The lowest BCUT2D eigenvalue weighted by Crippen LogP contribution is -2.07. The maximum Gasteiger partial charge on any atom is 0.336 e. The van der Waals surface area contributed by atoms with Crippen LogP contribution in [0.15, 0.2) is 63.8 Å². The molecule has 0 saturated carbocycles. The van der Waals surface area contributed by atoms with Crippen molar-refractivity contribution < 1.29 is 14.1 Å². The Morgan fingerprint density at radius 2 is 1.96 bits per heavy atom. The molecule has 1 aromatic heterocycles. The molecule has 130 valence electrons. The number of benzene rings is 2. The molecule has 0 aliphatic rings. The third kappa shape index (κ3) is 3.96. The molecule has 0 unspecified atom stereocenters. The Labute approximate surface area is 151 Å². The first-order valence-electron chi connectivity index (χ1n) is 7.39. The molecule has 1 heterocycles. The molecule has 0 aliphatic carbocycles. The monoisotopic (exact) mass is 370 g/mol. The van der Waals surface area contributed by atoms with Crippen LogP contribution in [0.25, 0.3) is 17.0 Å². The molecule has 3 aromatic rings. The van der Waals surface area contributed by atoms with E-state index < -0.39 is 16.5 Å². The number of nitro benzene ring substituents is 1. The van der Waals surface area contributed by atoms with Crippen LogP contribution in [0.4, 0.5) is 11.4 Å². The highest BCUT2D eigenvalue weighted by Crippen LogP contribution is 2.25. The van der Waals surface area contributed by atoms with Gasteiger partial charge < -0.3 is 9.73 Å². The van der Waals surface area contributed by atoms with Crippen LogP contribution < -0.4 is 10.9 Å². The van der Waals surface area contributed by atoms with Gasteiger partial charge in [-0.05, 0) is 42.0 Å². The summed E-state index contributed by atoms with van der Waals surface area (Å²) < 4.78 is 5.02. The largest absolute Gasteiger partial charge is 0.423 e. The van der Waals surface area contributed by atoms with E-state index in [0.717, 1.165) is 0 Å². The predicted octanol–water partition coefficient (Wildman–Crippen LogP) is 4.01. The van der Waals surface area contributed by atoms with Crippen molar-refractivity contribution in [1.29, 1.82) is 0 Å². The molecule has 1 amide bonds. The van der Waals surface area contributed by atoms with Gasteiger partial charge in [-0.15, -0.1) is 0 Å². The van der Waals surface area contributed by atoms with E-state index in [1.165, 1.54) is 30.4 Å². The number of hydrogen-bond donors (Lipinski definition) is 1. The Morgan fingerprint density at radius 1 is 1.15 bits per heavy atom. The maximum absolute atomic E-state index is 12.0. The van der Waals surface area contributed by atoms with Gasteiger partial charge in [0.1, 0.15) is 10.6 Å². The normalized spacial score (nSPS) is 11.0. The molecule has 1 N–H and O–H groups in total. The van der Waals surface area contributed by atoms with Crippen LogP contribution in [0.2, 0.25) is 5.02 Å². The number of nitrogens with zero attached hydrogens (tertiary/aromatic N) is 1. The zero-order valence-electron chi connectivity index (χ0n) is 13.1. The molecule has 7 nitrogen and oxygen atoms in total. The molecule has 0 bridgehead atoms. The van der Waals surface area contributed by atoms with Gasteiger partial charge in [-0.1, -0.05) is 17.7 Å². The van der Waals surface area contributed by atoms with Gasteiger partial charge >= 0.3 is 5.63 Å². The zero-order chi connectivity index (χ0) is 18.7. The summed E-state index contributed by atoms with van der Waals surface area (Å²) in [5.41, 5.74) is 0.721. The minimum absolute atomic E-state index is 0.0272. The lowest BCUT2D eigenvalue weighted by atomic mass is 10.2. The molecular formula is C18H11ClN2O5. The van der Waals surface area contributed by atoms with E-state index >= 15 is 0 Å². The topological polar surface area (TPSA) is 102 Å². The highest BCUT2D eigenvalue weighted by molar-refractivity contribution is 6.32. The highest BCUT2D eigenvalue weighted by atomic mass is 35.5. The van der Waals surface area contributed by atoms with Gasteiger partial charge in [0, 0.05) is 29.3 Å². The number of fused-ring (bicyclic) bond motifs is 1. The Bertz CT molecular complexity index is 1100. The number of carbonyl (C=O) groups is 1. The lowest BCUT2D eigenvalue weighted by molar-refractivity contribution is -0.384. The second-order valence-corrected chi connectivity index (χ2v) is 5.70. The average molecular weight is 371 g/mol. The van der Waals surface area contributed by atoms with Crippen molar-refractivity contribution in [2.45, 2.75) is 0 Å². The number of amides is 1. The van der Waals surface area contributed by atoms with Crippen molar-refractivity contribution >= 4 is 45.9 Å². The SMILES string of the molecule is O=C(C=Cc1ccc(Cl)c([N+](=O)[O-])c1)Nc1ccc2oc(=O)ccc2c1. The maximum atomic E-state index is 12.0. The van der Waals surface area contributed by atoms with Crippen LogP contribution in [0.3, 0.4) is 0 Å². The Morgan fingerprint density at radius 3 is 2.73 bits per heavy atom. The van der Waals surface area contributed by atoms with Gasteiger partial charge in [0.25, 0.3) is 5.69 Å². The molecule has 0 aliphatic heterocycles. The number of carbonyl (C=O) groups excluding carboxylic acids is 1. The van der Waals surface area contributed by atoms with Crippen LogP contribution in [0, 0.1) is 10.1 Å². The van der Waals surface area contributed by atoms with Gasteiger partial charge in [-0.25, -0.2) is 4.79 Å². The van der Waals surface area contributed by atoms with Gasteiger partial charge in [-0.2, -0.15) is 0 Å². The molecular weight excluding hydrogens is 360 g/mol. The number of nitro groups is 1. The lowest BCUT2D eigenvalue weighted by Gasteiger charge is -2.03. The van der Waals surface area contributed by atoms with Gasteiger partial charge in [0.05, 0.1) is 4.92 Å². The quantitative estimate of drug-likeness (QED) is 0.323. The van der Waals surface area contributed by atoms with Crippen LogP contribution in [0.1, 0.15) is 5.56 Å². The minimum atomic E-state index is -0.590. The first-order valence-corrected chi connectivity index (χ1v) is 7.77. The summed E-state index contributed by atoms with van der Waals surface area (Å²) >= 11 is 5.75. The second kappa shape index (κ2) is 7.20. The van der Waals surface area contributed by atoms with Crippen LogP contribution >= 0.6 is 11.6 Å². The number of anilines is 1. The molecule has 0 fully saturated rings. The van der Waals surface area contributed by atoms with Crippen molar-refractivity contribution in [2.75, 3.05) is 5.32 Å². The van der Waals surface area contributed by atoms with Crippen molar-refractivity contribution in [1.82, 2.24) is 0 Å². The third-order valence-electron chi connectivity index (χ3n) is 3.48. The molecule has 0 radical (unpaired) electrons. The van der Waals surface area contributed by atoms with Crippen molar-refractivity contribution in [2.24, 2.45) is 0 Å². The van der Waals surface area contributed by atoms with Crippen LogP contribution in [-0.4, -0.2) is 10.8 Å². The Hall–Kier alpha value is -3.45. The van der Waals surface area contributed by atoms with Crippen molar-refractivity contribution in [3.05, 3.63) is 85.7 Å². The highest BCUT2D eigenvalue weighted by Gasteiger charge is 2.11. The number of hydrogen-bond acceptors (Lipinski definition) is 5. The van der Waals surface area contributed by atoms with Crippen molar-refractivity contribution in [3.8, 4) is 0 Å². The number of rotatable bonds is 4. The fourth-order valence-corrected chi connectivity index (χ4v) is 2.47. The molecule has 0 saturated heterocycles. The molecule has 3 rings (SSSR count). The summed E-state index contributed by atoms with van der Waals surface area (Å²) in [7, 11) is 0. The fraction of sp³-hybridized carbons (Fsp3) is 0. The van der Waals surface area contributed by atoms with Crippen LogP contribution in [-0.2, 0) is 4.79 Å². The molecule has 0 spiro atoms. The van der Waals surface area contributed by atoms with Crippen molar-refractivity contribution in [3.63, 3.8) is 0 Å². The number of halogens is 1. The van der Waals surface area contributed by atoms with Gasteiger partial charge in [0.2, 0.25) is 5.91 Å². The van der Waals surface area contributed by atoms with Crippen LogP contribution in [0.5, 0.6) is 0 Å². The van der Waals surface area contributed by atoms with E-state index in [2.05, 4.69) is 5.32 Å². The van der Waals surface area contributed by atoms with Gasteiger partial charge in [0.15, 0.2) is 0 Å².